The van der Waals surface area contributed by atoms with E-state index in [1.54, 1.807) is 6.21 Å². The fourth-order valence-electron chi connectivity index (χ4n) is 1.04. The molecule has 0 aromatic rings. The molecule has 0 amide bonds. The van der Waals surface area contributed by atoms with Gasteiger partial charge in [-0.25, -0.2) is 0 Å². The number of fused-ring (bicyclic) bond motifs is 1. The van der Waals surface area contributed by atoms with Gasteiger partial charge in [0.15, 0.2) is 0 Å². The van der Waals surface area contributed by atoms with Gasteiger partial charge in [-0.1, -0.05) is 6.08 Å². The van der Waals surface area contributed by atoms with Crippen molar-refractivity contribution >= 4 is 6.21 Å². The third-order valence-electron chi connectivity index (χ3n) is 1.59. The van der Waals surface area contributed by atoms with Crippen molar-refractivity contribution in [2.75, 3.05) is 0 Å². The van der Waals surface area contributed by atoms with Crippen molar-refractivity contribution in [1.29, 1.82) is 0 Å². The highest BCUT2D eigenvalue weighted by Gasteiger charge is 2.01. The number of allylic oxidation sites excluding steroid dienone is 5. The third-order valence-corrected chi connectivity index (χ3v) is 1.59. The van der Waals surface area contributed by atoms with Crippen LogP contribution in [0.1, 0.15) is 0 Å². The van der Waals surface area contributed by atoms with Gasteiger partial charge in [-0.05, 0) is 17.7 Å². The van der Waals surface area contributed by atoms with Crippen LogP contribution in [0.25, 0.3) is 0 Å². The summed E-state index contributed by atoms with van der Waals surface area (Å²) in [4.78, 5) is 4.06. The Morgan fingerprint density at radius 1 is 1.18 bits per heavy atom. The van der Waals surface area contributed by atoms with Gasteiger partial charge in [-0.3, -0.25) is 4.99 Å². The lowest BCUT2D eigenvalue weighted by Crippen LogP contribution is -2.01. The van der Waals surface area contributed by atoms with Crippen molar-refractivity contribution < 1.29 is 0 Å². The highest BCUT2D eigenvalue weighted by Crippen LogP contribution is 2.16. The molecule has 2 heterocycles. The monoisotopic (exact) mass is 144 g/mol. The van der Waals surface area contributed by atoms with Gasteiger partial charge in [-0.15, -0.1) is 0 Å². The second kappa shape index (κ2) is 2.58. The maximum absolute atomic E-state index is 4.06. The Kier molecular flexibility index (Phi) is 1.44. The topological polar surface area (TPSA) is 24.4 Å². The molecule has 2 rings (SSSR count). The first-order valence-corrected chi connectivity index (χ1v) is 3.50. The van der Waals surface area contributed by atoms with Crippen molar-refractivity contribution in [1.82, 2.24) is 5.32 Å². The van der Waals surface area contributed by atoms with E-state index in [2.05, 4.69) is 10.3 Å². The summed E-state index contributed by atoms with van der Waals surface area (Å²) < 4.78 is 0. The van der Waals surface area contributed by atoms with Crippen molar-refractivity contribution in [2.24, 2.45) is 4.99 Å². The highest BCUT2D eigenvalue weighted by molar-refractivity contribution is 5.75. The van der Waals surface area contributed by atoms with E-state index in [0.29, 0.717) is 0 Å². The molecule has 0 saturated carbocycles. The van der Waals surface area contributed by atoms with Crippen LogP contribution in [-0.4, -0.2) is 6.21 Å². The van der Waals surface area contributed by atoms with Gasteiger partial charge < -0.3 is 5.32 Å². The van der Waals surface area contributed by atoms with Gasteiger partial charge in [0.25, 0.3) is 0 Å². The predicted octanol–water partition coefficient (Wildman–Crippen LogP) is 1.51. The van der Waals surface area contributed by atoms with Gasteiger partial charge in [0.1, 0.15) is 0 Å². The van der Waals surface area contributed by atoms with Gasteiger partial charge >= 0.3 is 0 Å². The van der Waals surface area contributed by atoms with E-state index in [1.165, 1.54) is 5.57 Å². The Labute approximate surface area is 65.3 Å². The maximum Gasteiger partial charge on any atom is 0.0347 e. The number of hydrogen-bond donors (Lipinski definition) is 1. The molecule has 1 N–H and O–H groups in total. The van der Waals surface area contributed by atoms with E-state index in [0.717, 1.165) is 5.57 Å². The summed E-state index contributed by atoms with van der Waals surface area (Å²) in [5, 5.41) is 3.02. The van der Waals surface area contributed by atoms with Crippen molar-refractivity contribution in [3.8, 4) is 0 Å². The minimum absolute atomic E-state index is 1.15. The minimum atomic E-state index is 1.15. The standard InChI is InChI=1S/C9H8N2/c1-2-8-6-11-5-3-9(8)7-10-4-1/h1-7,11H. The fourth-order valence-corrected chi connectivity index (χ4v) is 1.04. The molecule has 0 radical (unpaired) electrons. The molecular weight excluding hydrogens is 136 g/mol. The Morgan fingerprint density at radius 3 is 3.18 bits per heavy atom. The van der Waals surface area contributed by atoms with E-state index in [-0.39, 0.29) is 0 Å². The van der Waals surface area contributed by atoms with Crippen molar-refractivity contribution in [3.63, 3.8) is 0 Å². The number of nitrogens with zero attached hydrogens (tertiary/aromatic N) is 1. The molecule has 0 aliphatic carbocycles. The Hall–Kier alpha value is -1.57. The van der Waals surface area contributed by atoms with Crippen LogP contribution in [0.3, 0.4) is 0 Å². The Bertz CT molecular complexity index is 304. The average molecular weight is 144 g/mol. The first kappa shape index (κ1) is 6.16. The smallest absolute Gasteiger partial charge is 0.0347 e. The quantitative estimate of drug-likeness (QED) is 0.547. The van der Waals surface area contributed by atoms with Gasteiger partial charge in [0, 0.05) is 30.4 Å². The number of nitrogens with one attached hydrogen (secondary N) is 1. The zero-order valence-corrected chi connectivity index (χ0v) is 5.99. The second-order valence-corrected chi connectivity index (χ2v) is 2.34. The molecule has 0 bridgehead atoms. The van der Waals surface area contributed by atoms with Crippen LogP contribution in [0.2, 0.25) is 0 Å². The molecule has 0 spiro atoms. The zero-order chi connectivity index (χ0) is 7.52. The van der Waals surface area contributed by atoms with Gasteiger partial charge in [0.05, 0.1) is 0 Å². The minimum Gasteiger partial charge on any atom is -0.367 e. The first-order valence-electron chi connectivity index (χ1n) is 3.50. The molecule has 0 aromatic carbocycles. The molecule has 0 saturated heterocycles. The molecule has 2 nitrogen and oxygen atoms in total. The number of dihydropyridines is 1. The molecule has 2 heteroatoms. The largest absolute Gasteiger partial charge is 0.367 e. The van der Waals surface area contributed by atoms with E-state index in [1.807, 2.05) is 36.8 Å². The molecule has 0 fully saturated rings. The van der Waals surface area contributed by atoms with Gasteiger partial charge in [-0.2, -0.15) is 0 Å². The predicted molar refractivity (Wildman–Crippen MR) is 46.1 cm³/mol. The Balaban J connectivity index is 2.44. The van der Waals surface area contributed by atoms with Crippen molar-refractivity contribution in [3.05, 3.63) is 48.0 Å². The summed E-state index contributed by atoms with van der Waals surface area (Å²) in [5.41, 5.74) is 2.32. The van der Waals surface area contributed by atoms with E-state index in [9.17, 15) is 0 Å². The van der Waals surface area contributed by atoms with Crippen LogP contribution < -0.4 is 5.32 Å². The lowest BCUT2D eigenvalue weighted by Gasteiger charge is -2.06. The third kappa shape index (κ3) is 1.15. The summed E-state index contributed by atoms with van der Waals surface area (Å²) in [7, 11) is 0. The van der Waals surface area contributed by atoms with Crippen LogP contribution in [0.15, 0.2) is 53.0 Å². The summed E-state index contributed by atoms with van der Waals surface area (Å²) in [5.74, 6) is 0. The summed E-state index contributed by atoms with van der Waals surface area (Å²) in [6.45, 7) is 0. The molecule has 54 valence electrons. The summed E-state index contributed by atoms with van der Waals surface area (Å²) in [6, 6.07) is 0. The maximum atomic E-state index is 4.06. The number of rotatable bonds is 0. The molecule has 0 unspecified atom stereocenters. The van der Waals surface area contributed by atoms with E-state index >= 15 is 0 Å². The lowest BCUT2D eigenvalue weighted by molar-refractivity contribution is 1.14. The highest BCUT2D eigenvalue weighted by atomic mass is 14.8. The normalized spacial score (nSPS) is 19.6. The van der Waals surface area contributed by atoms with Crippen LogP contribution >= 0.6 is 0 Å². The molecule has 2 aliphatic heterocycles. The first-order chi connectivity index (χ1) is 5.47. The van der Waals surface area contributed by atoms with Crippen molar-refractivity contribution in [2.45, 2.75) is 0 Å². The molecule has 0 aromatic heterocycles. The molecule has 11 heavy (non-hydrogen) atoms. The fraction of sp³-hybridized carbons (Fsp3) is 0. The lowest BCUT2D eigenvalue weighted by atomic mass is 10.1. The van der Waals surface area contributed by atoms with Crippen LogP contribution in [0.5, 0.6) is 0 Å². The zero-order valence-electron chi connectivity index (χ0n) is 5.99. The van der Waals surface area contributed by atoms with Crippen LogP contribution in [-0.2, 0) is 0 Å². The van der Waals surface area contributed by atoms with E-state index in [4.69, 9.17) is 0 Å². The summed E-state index contributed by atoms with van der Waals surface area (Å²) >= 11 is 0. The summed E-state index contributed by atoms with van der Waals surface area (Å²) in [6.07, 6.45) is 13.4. The average Bonchev–Trinajstić information content (AvgIpc) is 2.28. The molecular formula is C9H8N2. The number of aliphatic imine (C=N–C) groups is 1. The molecule has 0 atom stereocenters. The van der Waals surface area contributed by atoms with Gasteiger partial charge in [0.2, 0.25) is 0 Å². The number of hydrogen-bond acceptors (Lipinski definition) is 2. The van der Waals surface area contributed by atoms with E-state index < -0.39 is 0 Å². The van der Waals surface area contributed by atoms with Crippen LogP contribution in [0.4, 0.5) is 0 Å². The SMILES string of the molecule is C1=CC2=CNC=CC2=CN=C1. The van der Waals surface area contributed by atoms with Crippen LogP contribution in [0, 0.1) is 0 Å². The molecule has 2 aliphatic rings. The Morgan fingerprint density at radius 2 is 2.18 bits per heavy atom. The second-order valence-electron chi connectivity index (χ2n) is 2.34.